The molecule has 0 fully saturated rings. The molecule has 224 valence electrons. The smallest absolute Gasteiger partial charge is 0.160 e. The van der Waals surface area contributed by atoms with Gasteiger partial charge in [-0.1, -0.05) is 146 Å². The van der Waals surface area contributed by atoms with Crippen LogP contribution in [0.4, 0.5) is 0 Å². The van der Waals surface area contributed by atoms with Crippen LogP contribution < -0.4 is 0 Å². The van der Waals surface area contributed by atoms with Crippen LogP contribution in [0.1, 0.15) is 0 Å². The number of hydrogen-bond donors (Lipinski definition) is 0. The summed E-state index contributed by atoms with van der Waals surface area (Å²) in [6.45, 7) is 0. The first-order valence-corrected chi connectivity index (χ1v) is 16.1. The number of fused-ring (bicyclic) bond motifs is 4. The number of rotatable bonds is 5. The van der Waals surface area contributed by atoms with E-state index in [1.807, 2.05) is 42.5 Å². The topological polar surface area (TPSA) is 51.6 Å². The summed E-state index contributed by atoms with van der Waals surface area (Å²) in [5.74, 6) is 0.702. The zero-order valence-corrected chi connectivity index (χ0v) is 26.0. The standard InChI is InChI=1S/C44H28N4/c1-4-10-29(11-5-1)30-16-18-32(19-17-30)41-37-28-36(24-27-40(37)47-44(48-41)35-14-8-3-9-15-35)39-26-23-34-21-20-33-22-25-38(31-12-6-2-7-13-31)45-42(33)43(34)46-39/h1-28H. The van der Waals surface area contributed by atoms with Crippen LogP contribution >= 0.6 is 0 Å². The second-order valence-corrected chi connectivity index (χ2v) is 11.9. The molecule has 0 bridgehead atoms. The van der Waals surface area contributed by atoms with Gasteiger partial charge in [0, 0.05) is 38.4 Å². The highest BCUT2D eigenvalue weighted by Crippen LogP contribution is 2.34. The minimum atomic E-state index is 0.702. The fourth-order valence-corrected chi connectivity index (χ4v) is 6.37. The summed E-state index contributed by atoms with van der Waals surface area (Å²) in [7, 11) is 0. The lowest BCUT2D eigenvalue weighted by Gasteiger charge is -2.12. The number of pyridine rings is 2. The SMILES string of the molecule is c1ccc(-c2ccc(-c3nc(-c4ccccc4)nc4ccc(-c5ccc6ccc7ccc(-c8ccccc8)nc7c6n5)cc34)cc2)cc1. The molecule has 0 aliphatic rings. The van der Waals surface area contributed by atoms with Crippen molar-refractivity contribution in [2.75, 3.05) is 0 Å². The molecule has 0 unspecified atom stereocenters. The van der Waals surface area contributed by atoms with Crippen LogP contribution in [-0.2, 0) is 0 Å². The number of aromatic nitrogens is 4. The molecule has 9 rings (SSSR count). The molecule has 0 atom stereocenters. The van der Waals surface area contributed by atoms with Gasteiger partial charge in [0.05, 0.1) is 33.6 Å². The highest BCUT2D eigenvalue weighted by Gasteiger charge is 2.15. The first-order chi connectivity index (χ1) is 23.8. The van der Waals surface area contributed by atoms with Crippen LogP contribution in [0.25, 0.3) is 89.0 Å². The van der Waals surface area contributed by atoms with Crippen molar-refractivity contribution in [2.24, 2.45) is 0 Å². The maximum atomic E-state index is 5.22. The Kier molecular flexibility index (Phi) is 6.76. The predicted octanol–water partition coefficient (Wildman–Crippen LogP) is 11.1. The summed E-state index contributed by atoms with van der Waals surface area (Å²) in [4.78, 5) is 20.5. The third kappa shape index (κ3) is 5.06. The second kappa shape index (κ2) is 11.7. The minimum Gasteiger partial charge on any atom is -0.245 e. The molecule has 0 spiro atoms. The molecule has 6 aromatic carbocycles. The van der Waals surface area contributed by atoms with Gasteiger partial charge >= 0.3 is 0 Å². The lowest BCUT2D eigenvalue weighted by molar-refractivity contribution is 1.23. The van der Waals surface area contributed by atoms with Crippen LogP contribution in [0, 0.1) is 0 Å². The molecule has 0 aliphatic heterocycles. The Labute approximate surface area is 278 Å². The van der Waals surface area contributed by atoms with E-state index in [2.05, 4.69) is 127 Å². The first kappa shape index (κ1) is 27.8. The Morgan fingerprint density at radius 3 is 1.42 bits per heavy atom. The Morgan fingerprint density at radius 1 is 0.312 bits per heavy atom. The van der Waals surface area contributed by atoms with Gasteiger partial charge in [0.1, 0.15) is 0 Å². The average molecular weight is 613 g/mol. The van der Waals surface area contributed by atoms with Crippen molar-refractivity contribution < 1.29 is 0 Å². The average Bonchev–Trinajstić information content (AvgIpc) is 3.18. The summed E-state index contributed by atoms with van der Waals surface area (Å²) in [6, 6.07) is 58.6. The molecule has 0 aliphatic carbocycles. The number of nitrogens with zero attached hydrogens (tertiary/aromatic N) is 4. The highest BCUT2D eigenvalue weighted by molar-refractivity contribution is 6.04. The highest BCUT2D eigenvalue weighted by atomic mass is 14.9. The van der Waals surface area contributed by atoms with Crippen LogP contribution in [0.15, 0.2) is 170 Å². The van der Waals surface area contributed by atoms with E-state index >= 15 is 0 Å². The van der Waals surface area contributed by atoms with Gasteiger partial charge in [0.25, 0.3) is 0 Å². The van der Waals surface area contributed by atoms with Crippen molar-refractivity contribution in [1.82, 2.24) is 19.9 Å². The molecule has 0 saturated heterocycles. The molecular formula is C44H28N4. The third-order valence-electron chi connectivity index (χ3n) is 8.88. The van der Waals surface area contributed by atoms with Crippen LogP contribution in [0.3, 0.4) is 0 Å². The van der Waals surface area contributed by atoms with E-state index in [4.69, 9.17) is 19.9 Å². The van der Waals surface area contributed by atoms with E-state index < -0.39 is 0 Å². The molecule has 3 aromatic heterocycles. The maximum Gasteiger partial charge on any atom is 0.160 e. The fraction of sp³-hybridized carbons (Fsp3) is 0. The van der Waals surface area contributed by atoms with Crippen molar-refractivity contribution in [3.05, 3.63) is 170 Å². The molecule has 4 heteroatoms. The summed E-state index contributed by atoms with van der Waals surface area (Å²) in [5, 5.41) is 3.09. The van der Waals surface area contributed by atoms with E-state index in [9.17, 15) is 0 Å². The van der Waals surface area contributed by atoms with Crippen LogP contribution in [0.5, 0.6) is 0 Å². The summed E-state index contributed by atoms with van der Waals surface area (Å²) in [5.41, 5.74) is 11.8. The normalized spacial score (nSPS) is 11.3. The molecule has 48 heavy (non-hydrogen) atoms. The van der Waals surface area contributed by atoms with Gasteiger partial charge < -0.3 is 0 Å². The molecular weight excluding hydrogens is 585 g/mol. The molecule has 0 saturated carbocycles. The van der Waals surface area contributed by atoms with Crippen LogP contribution in [-0.4, -0.2) is 19.9 Å². The van der Waals surface area contributed by atoms with Crippen molar-refractivity contribution in [2.45, 2.75) is 0 Å². The molecule has 0 radical (unpaired) electrons. The maximum absolute atomic E-state index is 5.22. The summed E-state index contributed by atoms with van der Waals surface area (Å²) < 4.78 is 0. The zero-order chi connectivity index (χ0) is 31.9. The largest absolute Gasteiger partial charge is 0.245 e. The van der Waals surface area contributed by atoms with Crippen molar-refractivity contribution in [3.8, 4) is 56.3 Å². The lowest BCUT2D eigenvalue weighted by atomic mass is 9.99. The summed E-state index contributed by atoms with van der Waals surface area (Å²) in [6.07, 6.45) is 0. The van der Waals surface area contributed by atoms with E-state index in [1.165, 1.54) is 11.1 Å². The number of benzene rings is 6. The monoisotopic (exact) mass is 612 g/mol. The van der Waals surface area contributed by atoms with E-state index in [0.29, 0.717) is 5.82 Å². The van der Waals surface area contributed by atoms with Crippen molar-refractivity contribution >= 4 is 32.7 Å². The van der Waals surface area contributed by atoms with Gasteiger partial charge in [-0.15, -0.1) is 0 Å². The second-order valence-electron chi connectivity index (χ2n) is 11.9. The van der Waals surface area contributed by atoms with Gasteiger partial charge in [0.2, 0.25) is 0 Å². The molecule has 3 heterocycles. The van der Waals surface area contributed by atoms with Gasteiger partial charge in [-0.3, -0.25) is 0 Å². The van der Waals surface area contributed by atoms with Gasteiger partial charge in [-0.05, 0) is 35.4 Å². The lowest BCUT2D eigenvalue weighted by Crippen LogP contribution is -1.96. The predicted molar refractivity (Wildman–Crippen MR) is 197 cm³/mol. The zero-order valence-electron chi connectivity index (χ0n) is 26.0. The summed E-state index contributed by atoms with van der Waals surface area (Å²) >= 11 is 0. The Balaban J connectivity index is 1.20. The molecule has 4 nitrogen and oxygen atoms in total. The number of hydrogen-bond acceptors (Lipinski definition) is 4. The quantitative estimate of drug-likeness (QED) is 0.181. The van der Waals surface area contributed by atoms with Crippen LogP contribution in [0.2, 0.25) is 0 Å². The Morgan fingerprint density at radius 2 is 0.792 bits per heavy atom. The fourth-order valence-electron chi connectivity index (χ4n) is 6.37. The van der Waals surface area contributed by atoms with Gasteiger partial charge in [-0.25, -0.2) is 19.9 Å². The van der Waals surface area contributed by atoms with E-state index in [1.54, 1.807) is 0 Å². The van der Waals surface area contributed by atoms with E-state index in [-0.39, 0.29) is 0 Å². The third-order valence-corrected chi connectivity index (χ3v) is 8.88. The Bertz CT molecular complexity index is 2580. The molecule has 9 aromatic rings. The minimum absolute atomic E-state index is 0.702. The first-order valence-electron chi connectivity index (χ1n) is 16.1. The van der Waals surface area contributed by atoms with E-state index in [0.717, 1.165) is 72.0 Å². The molecule has 0 amide bonds. The van der Waals surface area contributed by atoms with Crippen molar-refractivity contribution in [3.63, 3.8) is 0 Å². The van der Waals surface area contributed by atoms with Crippen molar-refractivity contribution in [1.29, 1.82) is 0 Å². The van der Waals surface area contributed by atoms with Gasteiger partial charge in [0.15, 0.2) is 5.82 Å². The Hall–Kier alpha value is -6.52. The molecule has 0 N–H and O–H groups in total. The van der Waals surface area contributed by atoms with Gasteiger partial charge in [-0.2, -0.15) is 0 Å².